The van der Waals surface area contributed by atoms with Crippen LogP contribution in [0.5, 0.6) is 0 Å². The Kier molecular flexibility index (Phi) is 4.75. The molecule has 0 aliphatic rings. The van der Waals surface area contributed by atoms with Crippen molar-refractivity contribution < 1.29 is 4.21 Å². The van der Waals surface area contributed by atoms with Crippen LogP contribution < -0.4 is 5.32 Å². The summed E-state index contributed by atoms with van der Waals surface area (Å²) in [5, 5.41) is 3.29. The first-order valence-electron chi connectivity index (χ1n) is 5.07. The summed E-state index contributed by atoms with van der Waals surface area (Å²) in [7, 11) is -0.709. The number of nitrogens with zero attached hydrogens (tertiary/aromatic N) is 1. The van der Waals surface area contributed by atoms with Crippen LogP contribution in [0.2, 0.25) is 0 Å². The number of hydrogen-bond donors (Lipinski definition) is 1. The van der Waals surface area contributed by atoms with E-state index in [1.807, 2.05) is 19.1 Å². The normalized spacial score (nSPS) is 14.6. The number of aryl methyl sites for hydroxylation is 1. The quantitative estimate of drug-likeness (QED) is 0.834. The van der Waals surface area contributed by atoms with Gasteiger partial charge >= 0.3 is 0 Å². The Hall–Kier alpha value is -0.900. The number of aromatic nitrogens is 1. The van der Waals surface area contributed by atoms with E-state index in [-0.39, 0.29) is 0 Å². The molecule has 0 radical (unpaired) electrons. The first-order valence-corrected chi connectivity index (χ1v) is 6.80. The standard InChI is InChI=1S/C11H18N2OS/c1-9-4-6-12-11(8-9)13-10(2)5-7-15(3)14/h4,6,8,10H,5,7H2,1-3H3,(H,12,13). The molecule has 1 rings (SSSR count). The van der Waals surface area contributed by atoms with Crippen LogP contribution in [0.3, 0.4) is 0 Å². The van der Waals surface area contributed by atoms with Crippen molar-refractivity contribution in [3.05, 3.63) is 23.9 Å². The molecule has 0 fully saturated rings. The predicted molar refractivity (Wildman–Crippen MR) is 65.6 cm³/mol. The van der Waals surface area contributed by atoms with Crippen molar-refractivity contribution in [3.8, 4) is 0 Å². The summed E-state index contributed by atoms with van der Waals surface area (Å²) in [5.41, 5.74) is 1.19. The lowest BCUT2D eigenvalue weighted by Crippen LogP contribution is -2.18. The Balaban J connectivity index is 2.44. The fourth-order valence-corrected chi connectivity index (χ4v) is 1.97. The summed E-state index contributed by atoms with van der Waals surface area (Å²) in [6.45, 7) is 4.12. The second-order valence-corrected chi connectivity index (χ2v) is 5.38. The lowest BCUT2D eigenvalue weighted by molar-refractivity contribution is 0.678. The van der Waals surface area contributed by atoms with Gasteiger partial charge in [0.05, 0.1) is 0 Å². The predicted octanol–water partition coefficient (Wildman–Crippen LogP) is 1.96. The van der Waals surface area contributed by atoms with Crippen molar-refractivity contribution in [1.82, 2.24) is 4.98 Å². The number of nitrogens with one attached hydrogen (secondary N) is 1. The highest BCUT2D eigenvalue weighted by Gasteiger charge is 2.03. The van der Waals surface area contributed by atoms with E-state index in [1.54, 1.807) is 12.5 Å². The molecule has 1 N–H and O–H groups in total. The van der Waals surface area contributed by atoms with Crippen molar-refractivity contribution in [2.24, 2.45) is 0 Å². The third kappa shape index (κ3) is 4.93. The van der Waals surface area contributed by atoms with Crippen molar-refractivity contribution in [2.45, 2.75) is 26.3 Å². The van der Waals surface area contributed by atoms with Gasteiger partial charge in [0.1, 0.15) is 5.82 Å². The summed E-state index contributed by atoms with van der Waals surface area (Å²) < 4.78 is 10.9. The van der Waals surface area contributed by atoms with Gasteiger partial charge < -0.3 is 5.32 Å². The van der Waals surface area contributed by atoms with Gasteiger partial charge in [-0.2, -0.15) is 0 Å². The van der Waals surface area contributed by atoms with E-state index in [4.69, 9.17) is 0 Å². The minimum atomic E-state index is -0.709. The van der Waals surface area contributed by atoms with E-state index in [1.165, 1.54) is 5.56 Å². The van der Waals surface area contributed by atoms with Crippen LogP contribution >= 0.6 is 0 Å². The first-order chi connectivity index (χ1) is 7.08. The molecule has 0 aliphatic carbocycles. The highest BCUT2D eigenvalue weighted by atomic mass is 32.2. The van der Waals surface area contributed by atoms with E-state index in [2.05, 4.69) is 17.2 Å². The molecule has 84 valence electrons. The van der Waals surface area contributed by atoms with Gasteiger partial charge in [-0.1, -0.05) is 0 Å². The average Bonchev–Trinajstić information content (AvgIpc) is 2.15. The zero-order chi connectivity index (χ0) is 11.3. The van der Waals surface area contributed by atoms with Crippen LogP contribution in [0, 0.1) is 6.92 Å². The Morgan fingerprint density at radius 2 is 2.33 bits per heavy atom. The molecule has 0 amide bonds. The lowest BCUT2D eigenvalue weighted by Gasteiger charge is -2.13. The molecule has 0 saturated carbocycles. The highest BCUT2D eigenvalue weighted by molar-refractivity contribution is 7.84. The van der Waals surface area contributed by atoms with Gasteiger partial charge in [-0.3, -0.25) is 4.21 Å². The Labute approximate surface area is 93.8 Å². The molecule has 0 saturated heterocycles. The van der Waals surface area contributed by atoms with E-state index >= 15 is 0 Å². The second-order valence-electron chi connectivity index (χ2n) is 3.83. The van der Waals surface area contributed by atoms with E-state index in [0.717, 1.165) is 18.0 Å². The number of hydrogen-bond acceptors (Lipinski definition) is 3. The summed E-state index contributed by atoms with van der Waals surface area (Å²) in [5.74, 6) is 1.63. The molecule has 15 heavy (non-hydrogen) atoms. The van der Waals surface area contributed by atoms with Crippen molar-refractivity contribution in [2.75, 3.05) is 17.3 Å². The van der Waals surface area contributed by atoms with Crippen LogP contribution in [0.25, 0.3) is 0 Å². The van der Waals surface area contributed by atoms with Gasteiger partial charge in [0.25, 0.3) is 0 Å². The van der Waals surface area contributed by atoms with Gasteiger partial charge in [0.2, 0.25) is 0 Å². The first kappa shape index (κ1) is 12.2. The third-order valence-corrected chi connectivity index (χ3v) is 2.96. The average molecular weight is 226 g/mol. The second kappa shape index (κ2) is 5.85. The zero-order valence-electron chi connectivity index (χ0n) is 9.49. The fourth-order valence-electron chi connectivity index (χ4n) is 1.28. The Morgan fingerprint density at radius 1 is 1.60 bits per heavy atom. The fraction of sp³-hybridized carbons (Fsp3) is 0.545. The smallest absolute Gasteiger partial charge is 0.126 e. The maximum Gasteiger partial charge on any atom is 0.126 e. The van der Waals surface area contributed by atoms with Crippen molar-refractivity contribution in [1.29, 1.82) is 0 Å². The third-order valence-electron chi connectivity index (χ3n) is 2.15. The molecule has 1 aromatic rings. The molecule has 4 heteroatoms. The highest BCUT2D eigenvalue weighted by Crippen LogP contribution is 2.08. The molecule has 2 atom stereocenters. The molecule has 0 aliphatic heterocycles. The summed E-state index contributed by atoms with van der Waals surface area (Å²) in [6.07, 6.45) is 4.43. The van der Waals surface area contributed by atoms with Gasteiger partial charge in [-0.25, -0.2) is 4.98 Å². The minimum absolute atomic E-state index is 0.309. The maximum atomic E-state index is 10.9. The largest absolute Gasteiger partial charge is 0.368 e. The van der Waals surface area contributed by atoms with Gasteiger partial charge in [0.15, 0.2) is 0 Å². The maximum absolute atomic E-state index is 10.9. The number of anilines is 1. The molecule has 0 spiro atoms. The summed E-state index contributed by atoms with van der Waals surface area (Å²) >= 11 is 0. The zero-order valence-corrected chi connectivity index (χ0v) is 10.3. The van der Waals surface area contributed by atoms with Gasteiger partial charge in [-0.15, -0.1) is 0 Å². The molecule has 0 bridgehead atoms. The number of pyridine rings is 1. The molecular weight excluding hydrogens is 208 g/mol. The van der Waals surface area contributed by atoms with Crippen LogP contribution in [-0.2, 0) is 10.8 Å². The molecular formula is C11H18N2OS. The summed E-state index contributed by atoms with van der Waals surface area (Å²) in [4.78, 5) is 4.22. The Morgan fingerprint density at radius 3 is 2.93 bits per heavy atom. The molecule has 2 unspecified atom stereocenters. The van der Waals surface area contributed by atoms with Crippen LogP contribution in [0.1, 0.15) is 18.9 Å². The van der Waals surface area contributed by atoms with Crippen molar-refractivity contribution >= 4 is 16.6 Å². The lowest BCUT2D eigenvalue weighted by atomic mass is 10.2. The van der Waals surface area contributed by atoms with E-state index < -0.39 is 10.8 Å². The molecule has 1 aromatic heterocycles. The van der Waals surface area contributed by atoms with Crippen LogP contribution in [0.15, 0.2) is 18.3 Å². The topological polar surface area (TPSA) is 42.0 Å². The molecule has 3 nitrogen and oxygen atoms in total. The minimum Gasteiger partial charge on any atom is -0.368 e. The van der Waals surface area contributed by atoms with Gasteiger partial charge in [-0.05, 0) is 38.0 Å². The monoisotopic (exact) mass is 226 g/mol. The summed E-state index contributed by atoms with van der Waals surface area (Å²) in [6, 6.07) is 4.29. The van der Waals surface area contributed by atoms with Crippen molar-refractivity contribution in [3.63, 3.8) is 0 Å². The molecule has 0 aromatic carbocycles. The Bertz CT molecular complexity index is 341. The van der Waals surface area contributed by atoms with Gasteiger partial charge in [0, 0.05) is 35.0 Å². The van der Waals surface area contributed by atoms with Crippen LogP contribution in [0.4, 0.5) is 5.82 Å². The van der Waals surface area contributed by atoms with E-state index in [9.17, 15) is 4.21 Å². The SMILES string of the molecule is Cc1ccnc(NC(C)CCS(C)=O)c1. The molecule has 1 heterocycles. The van der Waals surface area contributed by atoms with Crippen LogP contribution in [-0.4, -0.2) is 27.2 Å². The number of rotatable bonds is 5. The van der Waals surface area contributed by atoms with E-state index in [0.29, 0.717) is 6.04 Å².